The van der Waals surface area contributed by atoms with E-state index in [4.69, 9.17) is 4.84 Å². The van der Waals surface area contributed by atoms with Crippen molar-refractivity contribution in [1.29, 1.82) is 0 Å². The minimum atomic E-state index is -0.151. The van der Waals surface area contributed by atoms with Gasteiger partial charge in [-0.15, -0.1) is 0 Å². The molecule has 0 unspecified atom stereocenters. The molecule has 0 N–H and O–H groups in total. The topological polar surface area (TPSA) is 49.9 Å². The fourth-order valence-electron chi connectivity index (χ4n) is 1.19. The second-order valence-corrected chi connectivity index (χ2v) is 3.41. The zero-order valence-corrected chi connectivity index (χ0v) is 8.65. The summed E-state index contributed by atoms with van der Waals surface area (Å²) in [6, 6.07) is 0. The third-order valence-corrected chi connectivity index (χ3v) is 2.19. The van der Waals surface area contributed by atoms with Gasteiger partial charge in [0, 0.05) is 20.5 Å². The van der Waals surface area contributed by atoms with Crippen LogP contribution in [0.4, 0.5) is 0 Å². The molecule has 1 aliphatic rings. The van der Waals surface area contributed by atoms with Gasteiger partial charge in [-0.3, -0.25) is 14.4 Å². The van der Waals surface area contributed by atoms with E-state index in [2.05, 4.69) is 0 Å². The van der Waals surface area contributed by atoms with Gasteiger partial charge >= 0.3 is 0 Å². The summed E-state index contributed by atoms with van der Waals surface area (Å²) in [6.07, 6.45) is 1.96. The van der Waals surface area contributed by atoms with E-state index in [-0.39, 0.29) is 18.4 Å². The van der Waals surface area contributed by atoms with Crippen LogP contribution in [0.25, 0.3) is 0 Å². The lowest BCUT2D eigenvalue weighted by atomic mass is 10.3. The Morgan fingerprint density at radius 3 is 2.64 bits per heavy atom. The molecule has 0 bridgehead atoms. The van der Waals surface area contributed by atoms with Gasteiger partial charge in [0.15, 0.2) is 0 Å². The number of carbonyl (C=O) groups excluding carboxylic acids is 2. The molecule has 0 saturated carbocycles. The molecule has 0 aromatic heterocycles. The SMILES string of the molecule is CC(=O)N(C)CC(=O)N1CCCCO1. The van der Waals surface area contributed by atoms with E-state index in [1.165, 1.54) is 16.9 Å². The van der Waals surface area contributed by atoms with E-state index in [1.807, 2.05) is 0 Å². The quantitative estimate of drug-likeness (QED) is 0.631. The molecule has 5 nitrogen and oxygen atoms in total. The number of likely N-dealkylation sites (N-methyl/N-ethyl adjacent to an activating group) is 1. The summed E-state index contributed by atoms with van der Waals surface area (Å²) in [6.45, 7) is 2.75. The Kier molecular flexibility index (Phi) is 3.88. The number of rotatable bonds is 2. The first-order chi connectivity index (χ1) is 6.61. The average Bonchev–Trinajstić information content (AvgIpc) is 2.19. The zero-order chi connectivity index (χ0) is 10.6. The van der Waals surface area contributed by atoms with E-state index >= 15 is 0 Å². The molecular formula is C9H16N2O3. The van der Waals surface area contributed by atoms with Crippen LogP contribution in [0, 0.1) is 0 Å². The maximum Gasteiger partial charge on any atom is 0.265 e. The third-order valence-electron chi connectivity index (χ3n) is 2.19. The molecule has 1 heterocycles. The van der Waals surface area contributed by atoms with Crippen LogP contribution in [0.5, 0.6) is 0 Å². The molecule has 0 aromatic rings. The highest BCUT2D eigenvalue weighted by Crippen LogP contribution is 2.06. The van der Waals surface area contributed by atoms with Gasteiger partial charge in [-0.25, -0.2) is 5.06 Å². The van der Waals surface area contributed by atoms with Gasteiger partial charge in [0.1, 0.15) is 6.54 Å². The predicted molar refractivity (Wildman–Crippen MR) is 50.2 cm³/mol. The second-order valence-electron chi connectivity index (χ2n) is 3.41. The molecule has 0 radical (unpaired) electrons. The highest BCUT2D eigenvalue weighted by molar-refractivity contribution is 5.83. The number of hydrogen-bond acceptors (Lipinski definition) is 3. The molecular weight excluding hydrogens is 184 g/mol. The minimum absolute atomic E-state index is 0.0926. The van der Waals surface area contributed by atoms with Gasteiger partial charge in [-0.2, -0.15) is 0 Å². The summed E-state index contributed by atoms with van der Waals surface area (Å²) in [7, 11) is 1.60. The summed E-state index contributed by atoms with van der Waals surface area (Å²) in [5, 5.41) is 1.35. The smallest absolute Gasteiger partial charge is 0.265 e. The summed E-state index contributed by atoms with van der Waals surface area (Å²) < 4.78 is 0. The molecule has 80 valence electrons. The van der Waals surface area contributed by atoms with Crippen LogP contribution in [-0.2, 0) is 14.4 Å². The van der Waals surface area contributed by atoms with E-state index in [0.717, 1.165) is 12.8 Å². The van der Waals surface area contributed by atoms with Crippen molar-refractivity contribution in [3.05, 3.63) is 0 Å². The first-order valence-corrected chi connectivity index (χ1v) is 4.76. The average molecular weight is 200 g/mol. The van der Waals surface area contributed by atoms with E-state index in [9.17, 15) is 9.59 Å². The second kappa shape index (κ2) is 4.95. The van der Waals surface area contributed by atoms with Crippen molar-refractivity contribution in [2.24, 2.45) is 0 Å². The highest BCUT2D eigenvalue weighted by Gasteiger charge is 2.19. The van der Waals surface area contributed by atoms with Crippen molar-refractivity contribution in [3.63, 3.8) is 0 Å². The number of hydroxylamine groups is 2. The Balaban J connectivity index is 2.36. The normalized spacial score (nSPS) is 16.6. The molecule has 1 rings (SSSR count). The van der Waals surface area contributed by atoms with Crippen LogP contribution in [0.1, 0.15) is 19.8 Å². The molecule has 5 heteroatoms. The Morgan fingerprint density at radius 1 is 1.43 bits per heavy atom. The van der Waals surface area contributed by atoms with Crippen LogP contribution in [0.15, 0.2) is 0 Å². The minimum Gasteiger partial charge on any atom is -0.337 e. The monoisotopic (exact) mass is 200 g/mol. The fraction of sp³-hybridized carbons (Fsp3) is 0.778. The lowest BCUT2D eigenvalue weighted by Crippen LogP contribution is -2.42. The third kappa shape index (κ3) is 2.99. The van der Waals surface area contributed by atoms with Gasteiger partial charge in [-0.1, -0.05) is 0 Å². The number of carbonyl (C=O) groups is 2. The fourth-order valence-corrected chi connectivity index (χ4v) is 1.19. The van der Waals surface area contributed by atoms with Crippen molar-refractivity contribution in [2.75, 3.05) is 26.7 Å². The van der Waals surface area contributed by atoms with Crippen LogP contribution >= 0.6 is 0 Å². The van der Waals surface area contributed by atoms with Gasteiger partial charge < -0.3 is 4.90 Å². The van der Waals surface area contributed by atoms with Gasteiger partial charge in [0.2, 0.25) is 5.91 Å². The summed E-state index contributed by atoms with van der Waals surface area (Å²) in [5.74, 6) is -0.266. The first kappa shape index (κ1) is 11.0. The number of nitrogens with zero attached hydrogens (tertiary/aromatic N) is 2. The van der Waals surface area contributed by atoms with E-state index in [0.29, 0.717) is 13.2 Å². The summed E-state index contributed by atoms with van der Waals surface area (Å²) in [4.78, 5) is 28.9. The molecule has 0 atom stereocenters. The van der Waals surface area contributed by atoms with Crippen LogP contribution in [0.2, 0.25) is 0 Å². The van der Waals surface area contributed by atoms with Gasteiger partial charge in [0.25, 0.3) is 5.91 Å². The van der Waals surface area contributed by atoms with Gasteiger partial charge in [-0.05, 0) is 12.8 Å². The molecule has 1 saturated heterocycles. The molecule has 14 heavy (non-hydrogen) atoms. The lowest BCUT2D eigenvalue weighted by molar-refractivity contribution is -0.197. The van der Waals surface area contributed by atoms with Crippen molar-refractivity contribution in [3.8, 4) is 0 Å². The van der Waals surface area contributed by atoms with Crippen LogP contribution < -0.4 is 0 Å². The molecule has 0 spiro atoms. The molecule has 0 aromatic carbocycles. The standard InChI is InChI=1S/C9H16N2O3/c1-8(12)10(2)7-9(13)11-5-3-4-6-14-11/h3-7H2,1-2H3. The maximum atomic E-state index is 11.5. The summed E-state index contributed by atoms with van der Waals surface area (Å²) in [5.41, 5.74) is 0. The Bertz CT molecular complexity index is 224. The maximum absolute atomic E-state index is 11.5. The van der Waals surface area contributed by atoms with E-state index < -0.39 is 0 Å². The Hall–Kier alpha value is -1.10. The van der Waals surface area contributed by atoms with E-state index in [1.54, 1.807) is 7.05 Å². The van der Waals surface area contributed by atoms with Crippen molar-refractivity contribution in [2.45, 2.75) is 19.8 Å². The van der Waals surface area contributed by atoms with Crippen molar-refractivity contribution in [1.82, 2.24) is 9.96 Å². The number of amides is 2. The largest absolute Gasteiger partial charge is 0.337 e. The molecule has 1 aliphatic heterocycles. The molecule has 0 aliphatic carbocycles. The molecule has 1 fully saturated rings. The molecule has 2 amide bonds. The predicted octanol–water partition coefficient (Wildman–Crippen LogP) is 0.0187. The lowest BCUT2D eigenvalue weighted by Gasteiger charge is -2.27. The van der Waals surface area contributed by atoms with Crippen LogP contribution in [-0.4, -0.2) is 48.5 Å². The van der Waals surface area contributed by atoms with Crippen molar-refractivity contribution < 1.29 is 14.4 Å². The van der Waals surface area contributed by atoms with Crippen molar-refractivity contribution >= 4 is 11.8 Å². The van der Waals surface area contributed by atoms with Gasteiger partial charge in [0.05, 0.1) is 6.61 Å². The highest BCUT2D eigenvalue weighted by atomic mass is 16.7. The Morgan fingerprint density at radius 2 is 2.14 bits per heavy atom. The zero-order valence-electron chi connectivity index (χ0n) is 8.65. The summed E-state index contributed by atoms with van der Waals surface area (Å²) >= 11 is 0. The van der Waals surface area contributed by atoms with Crippen LogP contribution in [0.3, 0.4) is 0 Å². The first-order valence-electron chi connectivity index (χ1n) is 4.76. The Labute approximate surface area is 83.6 Å². The number of hydrogen-bond donors (Lipinski definition) is 0.